The van der Waals surface area contributed by atoms with Crippen molar-refractivity contribution >= 4 is 18.4 Å². The molecule has 15 heavy (non-hydrogen) atoms. The summed E-state index contributed by atoms with van der Waals surface area (Å²) in [6.07, 6.45) is 3.06. The quantitative estimate of drug-likeness (QED) is 0.595. The molecule has 5 nitrogen and oxygen atoms in total. The second-order valence-electron chi connectivity index (χ2n) is 2.85. The van der Waals surface area contributed by atoms with Crippen LogP contribution < -0.4 is 0 Å². The fourth-order valence-electron chi connectivity index (χ4n) is 1.06. The van der Waals surface area contributed by atoms with Gasteiger partial charge in [-0.05, 0) is 29.9 Å². The number of aromatic amines is 1. The van der Waals surface area contributed by atoms with E-state index in [1.165, 1.54) is 11.0 Å². The first kappa shape index (κ1) is 9.60. The monoisotopic (exact) mass is 220 g/mol. The van der Waals surface area contributed by atoms with Crippen molar-refractivity contribution in [2.45, 2.75) is 0 Å². The highest BCUT2D eigenvalue weighted by Gasteiger charge is 1.91. The number of benzene rings is 1. The maximum Gasteiger partial charge on any atom is 0.216 e. The van der Waals surface area contributed by atoms with Crippen LogP contribution in [0.2, 0.25) is 0 Å². The minimum absolute atomic E-state index is 0.203. The molecule has 0 aliphatic rings. The second kappa shape index (κ2) is 4.05. The van der Waals surface area contributed by atoms with Crippen molar-refractivity contribution in [3.8, 4) is 5.75 Å². The number of rotatable bonds is 2. The fraction of sp³-hybridized carbons (Fsp3) is 0. The standard InChI is InChI=1S/C9H8N4OS/c14-8-3-1-2-7(4-8)5-11-13-6-10-12-9(13)15/h1-6,14H,(H,12,15)/b11-5-. The third kappa shape index (κ3) is 2.29. The molecule has 0 aliphatic heterocycles. The predicted octanol–water partition coefficient (Wildman–Crippen LogP) is 1.53. The van der Waals surface area contributed by atoms with Crippen molar-refractivity contribution in [2.24, 2.45) is 5.10 Å². The summed E-state index contributed by atoms with van der Waals surface area (Å²) in [6.45, 7) is 0. The molecule has 0 aliphatic carbocycles. The number of hydrogen-bond acceptors (Lipinski definition) is 4. The van der Waals surface area contributed by atoms with E-state index in [-0.39, 0.29) is 5.75 Å². The Morgan fingerprint density at radius 3 is 3.07 bits per heavy atom. The van der Waals surface area contributed by atoms with Gasteiger partial charge in [-0.15, -0.1) is 0 Å². The van der Waals surface area contributed by atoms with Crippen molar-refractivity contribution in [3.05, 3.63) is 40.9 Å². The third-order valence-corrected chi connectivity index (χ3v) is 2.02. The first-order chi connectivity index (χ1) is 7.25. The molecule has 6 heteroatoms. The van der Waals surface area contributed by atoms with E-state index >= 15 is 0 Å². The van der Waals surface area contributed by atoms with Gasteiger partial charge in [0.1, 0.15) is 12.1 Å². The Morgan fingerprint density at radius 1 is 1.53 bits per heavy atom. The zero-order valence-electron chi connectivity index (χ0n) is 7.66. The van der Waals surface area contributed by atoms with Gasteiger partial charge in [-0.3, -0.25) is 5.10 Å². The highest BCUT2D eigenvalue weighted by Crippen LogP contribution is 2.08. The van der Waals surface area contributed by atoms with E-state index in [4.69, 9.17) is 12.2 Å². The van der Waals surface area contributed by atoms with Crippen LogP contribution in [0.5, 0.6) is 5.75 Å². The summed E-state index contributed by atoms with van der Waals surface area (Å²) in [7, 11) is 0. The van der Waals surface area contributed by atoms with Crippen LogP contribution in [0.3, 0.4) is 0 Å². The van der Waals surface area contributed by atoms with Gasteiger partial charge in [0.05, 0.1) is 6.21 Å². The molecule has 2 aromatic rings. The first-order valence-corrected chi connectivity index (χ1v) is 4.62. The normalized spacial score (nSPS) is 10.9. The molecule has 2 rings (SSSR count). The van der Waals surface area contributed by atoms with Gasteiger partial charge in [-0.25, -0.2) is 0 Å². The van der Waals surface area contributed by atoms with Gasteiger partial charge in [0, 0.05) is 0 Å². The van der Waals surface area contributed by atoms with Crippen LogP contribution in [0.4, 0.5) is 0 Å². The first-order valence-electron chi connectivity index (χ1n) is 4.21. The van der Waals surface area contributed by atoms with Crippen molar-refractivity contribution in [2.75, 3.05) is 0 Å². The number of H-pyrrole nitrogens is 1. The highest BCUT2D eigenvalue weighted by molar-refractivity contribution is 7.71. The number of aromatic nitrogens is 3. The topological polar surface area (TPSA) is 66.2 Å². The average Bonchev–Trinajstić information content (AvgIpc) is 2.61. The van der Waals surface area contributed by atoms with Gasteiger partial charge in [0.15, 0.2) is 0 Å². The lowest BCUT2D eigenvalue weighted by atomic mass is 10.2. The lowest BCUT2D eigenvalue weighted by Gasteiger charge is -1.94. The molecule has 2 N–H and O–H groups in total. The molecule has 0 saturated heterocycles. The van der Waals surface area contributed by atoms with E-state index in [1.54, 1.807) is 24.4 Å². The summed E-state index contributed by atoms with van der Waals surface area (Å²) < 4.78 is 1.85. The Labute approximate surface area is 90.7 Å². The van der Waals surface area contributed by atoms with Crippen molar-refractivity contribution in [1.82, 2.24) is 14.9 Å². The maximum absolute atomic E-state index is 9.22. The molecule has 0 saturated carbocycles. The second-order valence-corrected chi connectivity index (χ2v) is 3.23. The van der Waals surface area contributed by atoms with Crippen molar-refractivity contribution < 1.29 is 5.11 Å². The minimum atomic E-state index is 0.203. The Morgan fingerprint density at radius 2 is 2.40 bits per heavy atom. The summed E-state index contributed by atoms with van der Waals surface area (Å²) in [4.78, 5) is 0. The highest BCUT2D eigenvalue weighted by atomic mass is 32.1. The van der Waals surface area contributed by atoms with E-state index in [9.17, 15) is 5.11 Å². The molecule has 0 bridgehead atoms. The number of phenolic OH excluding ortho intramolecular Hbond substituents is 1. The molecule has 0 radical (unpaired) electrons. The zero-order chi connectivity index (χ0) is 10.7. The number of nitrogens with zero attached hydrogens (tertiary/aromatic N) is 3. The minimum Gasteiger partial charge on any atom is -0.508 e. The van der Waals surface area contributed by atoms with E-state index < -0.39 is 0 Å². The summed E-state index contributed by atoms with van der Waals surface area (Å²) in [5.74, 6) is 0.203. The predicted molar refractivity (Wildman–Crippen MR) is 58.5 cm³/mol. The molecular weight excluding hydrogens is 212 g/mol. The summed E-state index contributed by atoms with van der Waals surface area (Å²) in [5.41, 5.74) is 0.790. The molecular formula is C9H8N4OS. The molecule has 0 spiro atoms. The molecule has 0 unspecified atom stereocenters. The summed E-state index contributed by atoms with van der Waals surface area (Å²) in [5, 5.41) is 19.6. The largest absolute Gasteiger partial charge is 0.508 e. The molecule has 0 amide bonds. The van der Waals surface area contributed by atoms with Gasteiger partial charge in [0.25, 0.3) is 0 Å². The third-order valence-electron chi connectivity index (χ3n) is 1.74. The number of hydrogen-bond donors (Lipinski definition) is 2. The number of phenols is 1. The smallest absolute Gasteiger partial charge is 0.216 e. The van der Waals surface area contributed by atoms with Crippen molar-refractivity contribution in [3.63, 3.8) is 0 Å². The summed E-state index contributed by atoms with van der Waals surface area (Å²) >= 11 is 4.91. The van der Waals surface area contributed by atoms with Crippen LogP contribution in [0.1, 0.15) is 5.56 Å². The molecule has 0 fully saturated rings. The van der Waals surface area contributed by atoms with E-state index in [1.807, 2.05) is 6.07 Å². The molecule has 1 heterocycles. The summed E-state index contributed by atoms with van der Waals surface area (Å²) in [6, 6.07) is 6.77. The Kier molecular flexibility index (Phi) is 2.59. The Hall–Kier alpha value is -1.95. The SMILES string of the molecule is Oc1cccc(/C=N\n2cn[nH]c2=S)c1. The van der Waals surface area contributed by atoms with Crippen LogP contribution in [0, 0.1) is 4.77 Å². The number of aromatic hydroxyl groups is 1. The maximum atomic E-state index is 9.22. The molecule has 1 aromatic carbocycles. The van der Waals surface area contributed by atoms with Gasteiger partial charge in [0.2, 0.25) is 4.77 Å². The average molecular weight is 220 g/mol. The molecule has 0 atom stereocenters. The zero-order valence-corrected chi connectivity index (χ0v) is 8.48. The van der Waals surface area contributed by atoms with Crippen LogP contribution >= 0.6 is 12.2 Å². The Balaban J connectivity index is 2.26. The lowest BCUT2D eigenvalue weighted by Crippen LogP contribution is -1.88. The van der Waals surface area contributed by atoms with Crippen LogP contribution in [-0.2, 0) is 0 Å². The van der Waals surface area contributed by atoms with Gasteiger partial charge >= 0.3 is 0 Å². The van der Waals surface area contributed by atoms with Crippen molar-refractivity contribution in [1.29, 1.82) is 0 Å². The van der Waals surface area contributed by atoms with Crippen LogP contribution in [-0.4, -0.2) is 26.2 Å². The number of nitrogens with one attached hydrogen (secondary N) is 1. The van der Waals surface area contributed by atoms with Gasteiger partial charge in [-0.1, -0.05) is 12.1 Å². The molecule has 1 aromatic heterocycles. The van der Waals surface area contributed by atoms with Gasteiger partial charge in [-0.2, -0.15) is 14.9 Å². The van der Waals surface area contributed by atoms with Crippen LogP contribution in [0.15, 0.2) is 35.7 Å². The van der Waals surface area contributed by atoms with Gasteiger partial charge < -0.3 is 5.11 Å². The van der Waals surface area contributed by atoms with E-state index in [2.05, 4.69) is 15.3 Å². The molecule has 76 valence electrons. The lowest BCUT2D eigenvalue weighted by molar-refractivity contribution is 0.475. The Bertz CT molecular complexity index is 543. The fourth-order valence-corrected chi connectivity index (χ4v) is 1.21. The van der Waals surface area contributed by atoms with Crippen LogP contribution in [0.25, 0.3) is 0 Å². The van der Waals surface area contributed by atoms with E-state index in [0.717, 1.165) is 5.56 Å². The van der Waals surface area contributed by atoms with E-state index in [0.29, 0.717) is 4.77 Å².